The average molecular weight is 295 g/mol. The lowest BCUT2D eigenvalue weighted by atomic mass is 10.1. The SMILES string of the molecule is C[C@@H]1OC(CN(C(CO)CO)C(CO)CO)[C@@H](O)[C@H]1O. The summed E-state index contributed by atoms with van der Waals surface area (Å²) in [5.74, 6) is 0. The molecule has 8 nitrogen and oxygen atoms in total. The molecular weight excluding hydrogens is 270 g/mol. The van der Waals surface area contributed by atoms with Crippen LogP contribution >= 0.6 is 0 Å². The van der Waals surface area contributed by atoms with Crippen molar-refractivity contribution in [2.24, 2.45) is 0 Å². The predicted octanol–water partition coefficient (Wildman–Crippen LogP) is -3.50. The Bertz CT molecular complexity index is 261. The Morgan fingerprint density at radius 3 is 1.65 bits per heavy atom. The highest BCUT2D eigenvalue weighted by atomic mass is 16.5. The van der Waals surface area contributed by atoms with Gasteiger partial charge in [-0.15, -0.1) is 0 Å². The summed E-state index contributed by atoms with van der Waals surface area (Å²) in [6, 6.07) is -1.38. The Balaban J connectivity index is 2.79. The Labute approximate surface area is 117 Å². The van der Waals surface area contributed by atoms with Crippen LogP contribution in [0.5, 0.6) is 0 Å². The van der Waals surface area contributed by atoms with Crippen LogP contribution in [0.2, 0.25) is 0 Å². The molecule has 120 valence electrons. The van der Waals surface area contributed by atoms with Crippen LogP contribution < -0.4 is 0 Å². The van der Waals surface area contributed by atoms with Gasteiger partial charge in [-0.05, 0) is 6.92 Å². The molecule has 0 aromatic carbocycles. The fourth-order valence-corrected chi connectivity index (χ4v) is 2.42. The van der Waals surface area contributed by atoms with E-state index in [2.05, 4.69) is 0 Å². The van der Waals surface area contributed by atoms with Crippen molar-refractivity contribution in [3.63, 3.8) is 0 Å². The molecule has 20 heavy (non-hydrogen) atoms. The number of ether oxygens (including phenoxy) is 1. The first-order valence-corrected chi connectivity index (χ1v) is 6.70. The van der Waals surface area contributed by atoms with E-state index in [0.717, 1.165) is 0 Å². The van der Waals surface area contributed by atoms with Gasteiger partial charge in [0.1, 0.15) is 12.2 Å². The van der Waals surface area contributed by atoms with Crippen LogP contribution in [0, 0.1) is 0 Å². The maximum absolute atomic E-state index is 9.88. The van der Waals surface area contributed by atoms with E-state index in [1.165, 1.54) is 4.90 Å². The van der Waals surface area contributed by atoms with Gasteiger partial charge in [-0.3, -0.25) is 4.90 Å². The standard InChI is InChI=1S/C12H25NO7/c1-7-11(18)12(19)10(20-7)2-13(8(3-14)4-15)9(5-16)6-17/h7-12,14-19H,2-6H2,1H3/t7-,10?,11-,12+/m0/s1. The molecule has 1 unspecified atom stereocenters. The summed E-state index contributed by atoms with van der Waals surface area (Å²) in [5.41, 5.74) is 0. The number of hydrogen-bond acceptors (Lipinski definition) is 8. The first kappa shape index (κ1) is 17.7. The van der Waals surface area contributed by atoms with E-state index in [4.69, 9.17) is 4.74 Å². The van der Waals surface area contributed by atoms with Crippen molar-refractivity contribution < 1.29 is 35.4 Å². The predicted molar refractivity (Wildman–Crippen MR) is 69.0 cm³/mol. The molecule has 0 aromatic rings. The zero-order chi connectivity index (χ0) is 15.3. The number of nitrogens with zero attached hydrogens (tertiary/aromatic N) is 1. The second kappa shape index (κ2) is 8.20. The van der Waals surface area contributed by atoms with Gasteiger partial charge in [-0.1, -0.05) is 0 Å². The fraction of sp³-hybridized carbons (Fsp3) is 1.00. The van der Waals surface area contributed by atoms with Crippen molar-refractivity contribution in [2.75, 3.05) is 33.0 Å². The van der Waals surface area contributed by atoms with Crippen LogP contribution in [0.4, 0.5) is 0 Å². The molecule has 1 aliphatic heterocycles. The second-order valence-electron chi connectivity index (χ2n) is 5.10. The topological polar surface area (TPSA) is 134 Å². The van der Waals surface area contributed by atoms with E-state index in [1.807, 2.05) is 0 Å². The van der Waals surface area contributed by atoms with Gasteiger partial charge in [0.25, 0.3) is 0 Å². The van der Waals surface area contributed by atoms with Crippen molar-refractivity contribution >= 4 is 0 Å². The largest absolute Gasteiger partial charge is 0.395 e. The van der Waals surface area contributed by atoms with Crippen LogP contribution in [0.25, 0.3) is 0 Å². The lowest BCUT2D eigenvalue weighted by molar-refractivity contribution is -0.0557. The highest BCUT2D eigenvalue weighted by molar-refractivity contribution is 4.92. The van der Waals surface area contributed by atoms with Crippen LogP contribution in [0.1, 0.15) is 6.92 Å². The summed E-state index contributed by atoms with van der Waals surface area (Å²) < 4.78 is 5.43. The van der Waals surface area contributed by atoms with Gasteiger partial charge in [-0.25, -0.2) is 0 Å². The zero-order valence-electron chi connectivity index (χ0n) is 11.5. The molecule has 4 atom stereocenters. The van der Waals surface area contributed by atoms with Crippen molar-refractivity contribution in [1.29, 1.82) is 0 Å². The van der Waals surface area contributed by atoms with Gasteiger partial charge in [0.15, 0.2) is 0 Å². The van der Waals surface area contributed by atoms with Gasteiger partial charge in [0, 0.05) is 6.54 Å². The van der Waals surface area contributed by atoms with E-state index in [9.17, 15) is 30.6 Å². The summed E-state index contributed by atoms with van der Waals surface area (Å²) >= 11 is 0. The average Bonchev–Trinajstić information content (AvgIpc) is 2.69. The van der Waals surface area contributed by atoms with Crippen molar-refractivity contribution in [1.82, 2.24) is 4.90 Å². The molecule has 0 amide bonds. The van der Waals surface area contributed by atoms with Gasteiger partial charge >= 0.3 is 0 Å². The minimum absolute atomic E-state index is 0.0696. The molecule has 8 heteroatoms. The van der Waals surface area contributed by atoms with E-state index in [0.29, 0.717) is 0 Å². The normalized spacial score (nSPS) is 30.9. The number of aliphatic hydroxyl groups is 6. The van der Waals surface area contributed by atoms with Crippen LogP contribution in [-0.2, 0) is 4.74 Å². The summed E-state index contributed by atoms with van der Waals surface area (Å²) in [4.78, 5) is 1.48. The maximum atomic E-state index is 9.88. The molecule has 1 rings (SSSR count). The fourth-order valence-electron chi connectivity index (χ4n) is 2.42. The molecule has 6 N–H and O–H groups in total. The summed E-state index contributed by atoms with van der Waals surface area (Å²) in [6.45, 7) is 0.229. The van der Waals surface area contributed by atoms with E-state index < -0.39 is 36.5 Å². The van der Waals surface area contributed by atoms with Crippen molar-refractivity contribution in [3.05, 3.63) is 0 Å². The van der Waals surface area contributed by atoms with Gasteiger partial charge in [0.2, 0.25) is 0 Å². The van der Waals surface area contributed by atoms with Gasteiger partial charge in [-0.2, -0.15) is 0 Å². The Hall–Kier alpha value is -0.320. The van der Waals surface area contributed by atoms with Crippen LogP contribution in [0.15, 0.2) is 0 Å². The molecule has 0 spiro atoms. The Morgan fingerprint density at radius 1 is 0.900 bits per heavy atom. The Morgan fingerprint density at radius 2 is 1.35 bits per heavy atom. The highest BCUT2D eigenvalue weighted by Gasteiger charge is 2.42. The minimum Gasteiger partial charge on any atom is -0.395 e. The monoisotopic (exact) mass is 295 g/mol. The van der Waals surface area contributed by atoms with E-state index in [-0.39, 0.29) is 33.0 Å². The molecule has 1 fully saturated rings. The molecule has 1 heterocycles. The first-order valence-electron chi connectivity index (χ1n) is 6.70. The highest BCUT2D eigenvalue weighted by Crippen LogP contribution is 2.23. The summed E-state index contributed by atoms with van der Waals surface area (Å²) in [5, 5.41) is 56.6. The van der Waals surface area contributed by atoms with Crippen molar-refractivity contribution in [2.45, 2.75) is 43.4 Å². The minimum atomic E-state index is -1.09. The third kappa shape index (κ3) is 3.86. The van der Waals surface area contributed by atoms with E-state index >= 15 is 0 Å². The Kier molecular flexibility index (Phi) is 7.27. The van der Waals surface area contributed by atoms with Gasteiger partial charge in [0.05, 0.1) is 50.7 Å². The lowest BCUT2D eigenvalue weighted by Gasteiger charge is -2.36. The second-order valence-corrected chi connectivity index (χ2v) is 5.10. The molecule has 1 saturated heterocycles. The quantitative estimate of drug-likeness (QED) is 0.272. The molecule has 0 radical (unpaired) electrons. The third-order valence-electron chi connectivity index (χ3n) is 3.77. The summed E-state index contributed by atoms with van der Waals surface area (Å²) in [7, 11) is 0. The molecule has 0 bridgehead atoms. The van der Waals surface area contributed by atoms with Crippen LogP contribution in [0.3, 0.4) is 0 Å². The van der Waals surface area contributed by atoms with Gasteiger partial charge < -0.3 is 35.4 Å². The number of aliphatic hydroxyl groups excluding tert-OH is 6. The molecule has 0 saturated carbocycles. The smallest absolute Gasteiger partial charge is 0.110 e. The molecule has 0 aliphatic carbocycles. The number of hydrogen-bond donors (Lipinski definition) is 6. The molecular formula is C12H25NO7. The molecule has 0 aromatic heterocycles. The third-order valence-corrected chi connectivity index (χ3v) is 3.77. The number of rotatable bonds is 8. The van der Waals surface area contributed by atoms with Crippen LogP contribution in [-0.4, -0.2) is 105 Å². The molecule has 1 aliphatic rings. The first-order chi connectivity index (χ1) is 9.49. The lowest BCUT2D eigenvalue weighted by Crippen LogP contribution is -2.54. The zero-order valence-corrected chi connectivity index (χ0v) is 11.5. The summed E-state index contributed by atoms with van der Waals surface area (Å²) in [6.07, 6.45) is -3.35. The van der Waals surface area contributed by atoms with Crippen molar-refractivity contribution in [3.8, 4) is 0 Å². The maximum Gasteiger partial charge on any atom is 0.110 e. The van der Waals surface area contributed by atoms with E-state index in [1.54, 1.807) is 6.92 Å².